The van der Waals surface area contributed by atoms with Crippen LogP contribution in [-0.2, 0) is 6.54 Å². The number of alkyl halides is 3. The maximum Gasteiger partial charge on any atom is 0.405 e. The fourth-order valence-electron chi connectivity index (χ4n) is 1.94. The molecule has 0 bridgehead atoms. The van der Waals surface area contributed by atoms with Crippen molar-refractivity contribution in [1.29, 1.82) is 0 Å². The van der Waals surface area contributed by atoms with E-state index < -0.39 is 18.8 Å². The summed E-state index contributed by atoms with van der Waals surface area (Å²) in [5.74, 6) is 0. The molecule has 5 heteroatoms. The summed E-state index contributed by atoms with van der Waals surface area (Å²) in [5, 5.41) is 0. The maximum atomic E-state index is 12.9. The van der Waals surface area contributed by atoms with E-state index in [4.69, 9.17) is 5.73 Å². The third kappa shape index (κ3) is 4.31. The second-order valence-electron chi connectivity index (χ2n) is 4.25. The van der Waals surface area contributed by atoms with Crippen molar-refractivity contribution in [3.8, 4) is 0 Å². The molecular weight excluding hydrogens is 241 g/mol. The minimum atomic E-state index is -4.28. The van der Waals surface area contributed by atoms with Gasteiger partial charge in [-0.05, 0) is 18.5 Å². The predicted molar refractivity (Wildman–Crippen MR) is 66.0 cm³/mol. The molecule has 1 atom stereocenters. The lowest BCUT2D eigenvalue weighted by Crippen LogP contribution is -2.50. The smallest absolute Gasteiger partial charge is 0.329 e. The highest BCUT2D eigenvalue weighted by atomic mass is 19.4. The topological polar surface area (TPSA) is 29.3 Å². The molecule has 0 radical (unpaired) electrons. The molecule has 1 aromatic rings. The summed E-state index contributed by atoms with van der Waals surface area (Å²) < 4.78 is 38.6. The molecule has 0 aliphatic carbocycles. The molecule has 102 valence electrons. The van der Waals surface area contributed by atoms with Gasteiger partial charge in [0, 0.05) is 13.1 Å². The summed E-state index contributed by atoms with van der Waals surface area (Å²) in [6, 6.07) is 7.57. The van der Waals surface area contributed by atoms with Crippen LogP contribution >= 0.6 is 0 Å². The Balaban J connectivity index is 2.81. The van der Waals surface area contributed by atoms with E-state index in [1.54, 1.807) is 0 Å². The molecule has 2 N–H and O–H groups in total. The minimum absolute atomic E-state index is 0.274. The number of benzene rings is 1. The molecule has 0 aliphatic rings. The van der Waals surface area contributed by atoms with Gasteiger partial charge in [-0.2, -0.15) is 13.2 Å². The van der Waals surface area contributed by atoms with Gasteiger partial charge < -0.3 is 5.73 Å². The van der Waals surface area contributed by atoms with E-state index in [0.717, 1.165) is 5.56 Å². The van der Waals surface area contributed by atoms with Crippen LogP contribution in [0.2, 0.25) is 0 Å². The molecule has 1 aromatic carbocycles. The Labute approximate surface area is 106 Å². The number of nitrogens with two attached hydrogens (primary N) is 1. The van der Waals surface area contributed by atoms with E-state index in [9.17, 15) is 13.2 Å². The standard InChI is InChI=1S/C13H19F3N2/c1-2-8-18(12(9-17)13(14,15)16)10-11-6-4-3-5-7-11/h3-7,12H,2,8-10,17H2,1H3/t12-/m1/s1. The highest BCUT2D eigenvalue weighted by Gasteiger charge is 2.42. The zero-order valence-electron chi connectivity index (χ0n) is 10.5. The van der Waals surface area contributed by atoms with Gasteiger partial charge in [-0.3, -0.25) is 4.90 Å². The Kier molecular flexibility index (Phi) is 5.62. The fourth-order valence-corrected chi connectivity index (χ4v) is 1.94. The van der Waals surface area contributed by atoms with Crippen molar-refractivity contribution in [3.63, 3.8) is 0 Å². The largest absolute Gasteiger partial charge is 0.405 e. The summed E-state index contributed by atoms with van der Waals surface area (Å²) in [5.41, 5.74) is 6.15. The summed E-state index contributed by atoms with van der Waals surface area (Å²) in [6.45, 7) is 2.12. The minimum Gasteiger partial charge on any atom is -0.329 e. The highest BCUT2D eigenvalue weighted by Crippen LogP contribution is 2.25. The Bertz CT molecular complexity index is 338. The molecule has 0 aliphatic heterocycles. The van der Waals surface area contributed by atoms with Crippen LogP contribution in [0.4, 0.5) is 13.2 Å². The number of halogens is 3. The highest BCUT2D eigenvalue weighted by molar-refractivity contribution is 5.14. The van der Waals surface area contributed by atoms with Crippen LogP contribution in [0.25, 0.3) is 0 Å². The lowest BCUT2D eigenvalue weighted by Gasteiger charge is -2.32. The normalized spacial score (nSPS) is 13.9. The molecule has 0 amide bonds. The summed E-state index contributed by atoms with van der Waals surface area (Å²) in [6.07, 6.45) is -3.61. The van der Waals surface area contributed by atoms with Crippen molar-refractivity contribution in [1.82, 2.24) is 4.90 Å². The Morgan fingerprint density at radius 3 is 2.28 bits per heavy atom. The van der Waals surface area contributed by atoms with Gasteiger partial charge >= 0.3 is 6.18 Å². The predicted octanol–water partition coefficient (Wildman–Crippen LogP) is 2.79. The van der Waals surface area contributed by atoms with Gasteiger partial charge in [-0.25, -0.2) is 0 Å². The fraction of sp³-hybridized carbons (Fsp3) is 0.538. The number of nitrogens with zero attached hydrogens (tertiary/aromatic N) is 1. The van der Waals surface area contributed by atoms with Crippen molar-refractivity contribution in [2.24, 2.45) is 5.73 Å². The third-order valence-electron chi connectivity index (χ3n) is 2.78. The van der Waals surface area contributed by atoms with Crippen LogP contribution in [0.3, 0.4) is 0 Å². The summed E-state index contributed by atoms with van der Waals surface area (Å²) in [4.78, 5) is 1.40. The summed E-state index contributed by atoms with van der Waals surface area (Å²) >= 11 is 0. The van der Waals surface area contributed by atoms with Crippen LogP contribution in [0.15, 0.2) is 30.3 Å². The SMILES string of the molecule is CCCN(Cc1ccccc1)[C@H](CN)C(F)(F)F. The molecule has 0 saturated carbocycles. The van der Waals surface area contributed by atoms with E-state index in [0.29, 0.717) is 13.0 Å². The van der Waals surface area contributed by atoms with E-state index in [2.05, 4.69) is 0 Å². The lowest BCUT2D eigenvalue weighted by molar-refractivity contribution is -0.182. The molecule has 0 aromatic heterocycles. The van der Waals surface area contributed by atoms with Crippen LogP contribution < -0.4 is 5.73 Å². The number of hydrogen-bond donors (Lipinski definition) is 1. The van der Waals surface area contributed by atoms with Crippen LogP contribution in [0.1, 0.15) is 18.9 Å². The second-order valence-corrected chi connectivity index (χ2v) is 4.25. The molecule has 0 saturated heterocycles. The zero-order valence-corrected chi connectivity index (χ0v) is 10.5. The van der Waals surface area contributed by atoms with Crippen LogP contribution in [0, 0.1) is 0 Å². The van der Waals surface area contributed by atoms with E-state index in [1.807, 2.05) is 37.3 Å². The molecular formula is C13H19F3N2. The van der Waals surface area contributed by atoms with Crippen molar-refractivity contribution in [2.45, 2.75) is 32.1 Å². The molecule has 0 unspecified atom stereocenters. The van der Waals surface area contributed by atoms with Gasteiger partial charge in [0.25, 0.3) is 0 Å². The second kappa shape index (κ2) is 6.75. The average molecular weight is 260 g/mol. The van der Waals surface area contributed by atoms with Crippen LogP contribution in [0.5, 0.6) is 0 Å². The maximum absolute atomic E-state index is 12.9. The zero-order chi connectivity index (χ0) is 13.6. The van der Waals surface area contributed by atoms with Gasteiger partial charge in [-0.1, -0.05) is 37.3 Å². The Morgan fingerprint density at radius 2 is 1.83 bits per heavy atom. The van der Waals surface area contributed by atoms with Gasteiger partial charge in [0.1, 0.15) is 6.04 Å². The molecule has 0 fully saturated rings. The lowest BCUT2D eigenvalue weighted by atomic mass is 10.1. The Hall–Kier alpha value is -1.07. The van der Waals surface area contributed by atoms with Gasteiger partial charge in [0.05, 0.1) is 0 Å². The van der Waals surface area contributed by atoms with Crippen molar-refractivity contribution in [3.05, 3.63) is 35.9 Å². The Morgan fingerprint density at radius 1 is 1.22 bits per heavy atom. The monoisotopic (exact) mass is 260 g/mol. The van der Waals surface area contributed by atoms with E-state index >= 15 is 0 Å². The van der Waals surface area contributed by atoms with Gasteiger partial charge in [-0.15, -0.1) is 0 Å². The van der Waals surface area contributed by atoms with Gasteiger partial charge in [0.15, 0.2) is 0 Å². The van der Waals surface area contributed by atoms with E-state index in [1.165, 1.54) is 4.90 Å². The van der Waals surface area contributed by atoms with Crippen molar-refractivity contribution < 1.29 is 13.2 Å². The summed E-state index contributed by atoms with van der Waals surface area (Å²) in [7, 11) is 0. The molecule has 0 heterocycles. The molecule has 2 nitrogen and oxygen atoms in total. The average Bonchev–Trinajstić information content (AvgIpc) is 2.29. The molecule has 18 heavy (non-hydrogen) atoms. The number of rotatable bonds is 6. The van der Waals surface area contributed by atoms with Crippen molar-refractivity contribution in [2.75, 3.05) is 13.1 Å². The first kappa shape index (κ1) is 15.0. The first-order valence-corrected chi connectivity index (χ1v) is 6.03. The van der Waals surface area contributed by atoms with Crippen molar-refractivity contribution >= 4 is 0 Å². The van der Waals surface area contributed by atoms with Gasteiger partial charge in [0.2, 0.25) is 0 Å². The van der Waals surface area contributed by atoms with Crippen LogP contribution in [-0.4, -0.2) is 30.2 Å². The number of hydrogen-bond acceptors (Lipinski definition) is 2. The first-order chi connectivity index (χ1) is 8.49. The molecule has 0 spiro atoms. The third-order valence-corrected chi connectivity index (χ3v) is 2.78. The van der Waals surface area contributed by atoms with E-state index in [-0.39, 0.29) is 6.54 Å². The molecule has 1 rings (SSSR count). The quantitative estimate of drug-likeness (QED) is 0.852. The first-order valence-electron chi connectivity index (χ1n) is 6.03.